The summed E-state index contributed by atoms with van der Waals surface area (Å²) in [5.41, 5.74) is 1.23. The van der Waals surface area contributed by atoms with Crippen LogP contribution in [0.25, 0.3) is 0 Å². The van der Waals surface area contributed by atoms with Gasteiger partial charge in [0.1, 0.15) is 0 Å². The van der Waals surface area contributed by atoms with Gasteiger partial charge in [-0.3, -0.25) is 4.79 Å². The third-order valence-corrected chi connectivity index (χ3v) is 2.24. The van der Waals surface area contributed by atoms with Gasteiger partial charge in [-0.05, 0) is 32.6 Å². The maximum absolute atomic E-state index is 11.2. The quantitative estimate of drug-likeness (QED) is 0.510. The van der Waals surface area contributed by atoms with E-state index in [-0.39, 0.29) is 5.97 Å². The van der Waals surface area contributed by atoms with Crippen molar-refractivity contribution in [3.63, 3.8) is 0 Å². The summed E-state index contributed by atoms with van der Waals surface area (Å²) in [5.74, 6) is -0.0942. The van der Waals surface area contributed by atoms with Crippen LogP contribution in [0.1, 0.15) is 39.0 Å². The van der Waals surface area contributed by atoms with Gasteiger partial charge in [-0.15, -0.1) is 0 Å². The van der Waals surface area contributed by atoms with Gasteiger partial charge in [0.05, 0.1) is 13.0 Å². The summed E-state index contributed by atoms with van der Waals surface area (Å²) in [7, 11) is 0. The van der Waals surface area contributed by atoms with E-state index in [0.717, 1.165) is 25.7 Å². The Labute approximate surface area is 85.6 Å². The van der Waals surface area contributed by atoms with Gasteiger partial charge in [0.25, 0.3) is 0 Å². The van der Waals surface area contributed by atoms with Crippen LogP contribution in [0.3, 0.4) is 0 Å². The molecule has 0 saturated heterocycles. The van der Waals surface area contributed by atoms with Crippen LogP contribution in [0.4, 0.5) is 0 Å². The molecule has 78 valence electrons. The molecule has 0 bridgehead atoms. The molecule has 0 saturated carbocycles. The second kappa shape index (κ2) is 6.41. The van der Waals surface area contributed by atoms with Crippen molar-refractivity contribution in [2.75, 3.05) is 6.61 Å². The Morgan fingerprint density at radius 1 is 1.36 bits per heavy atom. The minimum absolute atomic E-state index is 0.0942. The number of allylic oxidation sites excluding steroid dienone is 3. The Morgan fingerprint density at radius 2 is 2.14 bits per heavy atom. The Balaban J connectivity index is 2.38. The number of hydrogen-bond acceptors (Lipinski definition) is 2. The lowest BCUT2D eigenvalue weighted by molar-refractivity contribution is -0.142. The third-order valence-electron chi connectivity index (χ3n) is 2.24. The third kappa shape index (κ3) is 4.26. The largest absolute Gasteiger partial charge is 0.466 e. The topological polar surface area (TPSA) is 26.3 Å². The monoisotopic (exact) mass is 194 g/mol. The number of ether oxygens (including phenoxy) is 1. The standard InChI is InChI=1S/C12H18O2/c1-2-14-12(13)10-11-8-6-4-3-5-7-9-11/h3-4,9H,2,5-8,10H2,1H3. The van der Waals surface area contributed by atoms with Crippen molar-refractivity contribution in [3.8, 4) is 0 Å². The van der Waals surface area contributed by atoms with Crippen LogP contribution in [0.5, 0.6) is 0 Å². The maximum atomic E-state index is 11.2. The van der Waals surface area contributed by atoms with Gasteiger partial charge in [0, 0.05) is 0 Å². The van der Waals surface area contributed by atoms with Crippen LogP contribution in [0.2, 0.25) is 0 Å². The summed E-state index contributed by atoms with van der Waals surface area (Å²) in [6.07, 6.45) is 11.2. The van der Waals surface area contributed by atoms with Crippen LogP contribution in [0, 0.1) is 0 Å². The first-order chi connectivity index (χ1) is 6.83. The highest BCUT2D eigenvalue weighted by Crippen LogP contribution is 2.16. The summed E-state index contributed by atoms with van der Waals surface area (Å²) in [6.45, 7) is 2.32. The predicted octanol–water partition coefficient (Wildman–Crippen LogP) is 3.00. The zero-order valence-electron chi connectivity index (χ0n) is 8.79. The molecule has 0 aromatic rings. The molecule has 0 N–H and O–H groups in total. The normalized spacial score (nSPS) is 16.8. The van der Waals surface area contributed by atoms with Gasteiger partial charge in [0.2, 0.25) is 0 Å². The van der Waals surface area contributed by atoms with Gasteiger partial charge < -0.3 is 4.74 Å². The Morgan fingerprint density at radius 3 is 2.93 bits per heavy atom. The molecule has 1 aliphatic rings. The van der Waals surface area contributed by atoms with E-state index in [1.54, 1.807) is 0 Å². The Bertz CT molecular complexity index is 239. The Kier molecular flexibility index (Phi) is 5.05. The SMILES string of the molecule is CCOC(=O)CC1=CCCC=CCC1. The average Bonchev–Trinajstić information content (AvgIpc) is 2.10. The molecule has 2 heteroatoms. The second-order valence-corrected chi connectivity index (χ2v) is 3.43. The van der Waals surface area contributed by atoms with E-state index in [9.17, 15) is 4.79 Å². The van der Waals surface area contributed by atoms with Crippen molar-refractivity contribution < 1.29 is 9.53 Å². The van der Waals surface area contributed by atoms with Gasteiger partial charge in [-0.1, -0.05) is 23.8 Å². The molecule has 0 unspecified atom stereocenters. The van der Waals surface area contributed by atoms with Crippen LogP contribution in [-0.2, 0) is 9.53 Å². The highest BCUT2D eigenvalue weighted by molar-refractivity contribution is 5.72. The highest BCUT2D eigenvalue weighted by Gasteiger charge is 2.06. The smallest absolute Gasteiger partial charge is 0.309 e. The first kappa shape index (κ1) is 11.0. The van der Waals surface area contributed by atoms with Crippen molar-refractivity contribution in [2.45, 2.75) is 39.0 Å². The lowest BCUT2D eigenvalue weighted by atomic mass is 10.0. The molecule has 0 aromatic heterocycles. The second-order valence-electron chi connectivity index (χ2n) is 3.43. The number of carbonyl (C=O) groups is 1. The van der Waals surface area contributed by atoms with E-state index >= 15 is 0 Å². The molecule has 1 rings (SSSR count). The zero-order chi connectivity index (χ0) is 10.2. The molecule has 1 aliphatic carbocycles. The molecule has 0 aliphatic heterocycles. The van der Waals surface area contributed by atoms with Crippen molar-refractivity contribution in [3.05, 3.63) is 23.8 Å². The van der Waals surface area contributed by atoms with E-state index in [1.807, 2.05) is 6.92 Å². The van der Waals surface area contributed by atoms with E-state index in [4.69, 9.17) is 4.74 Å². The predicted molar refractivity (Wildman–Crippen MR) is 56.9 cm³/mol. The minimum atomic E-state index is -0.0942. The summed E-state index contributed by atoms with van der Waals surface area (Å²) in [5, 5.41) is 0. The number of rotatable bonds is 3. The zero-order valence-corrected chi connectivity index (χ0v) is 8.79. The summed E-state index contributed by atoms with van der Waals surface area (Å²) in [4.78, 5) is 11.2. The van der Waals surface area contributed by atoms with Crippen LogP contribution < -0.4 is 0 Å². The van der Waals surface area contributed by atoms with Gasteiger partial charge in [0.15, 0.2) is 0 Å². The first-order valence-electron chi connectivity index (χ1n) is 5.31. The van der Waals surface area contributed by atoms with E-state index in [1.165, 1.54) is 5.57 Å². The molecule has 0 spiro atoms. The molecule has 2 nitrogen and oxygen atoms in total. The highest BCUT2D eigenvalue weighted by atomic mass is 16.5. The minimum Gasteiger partial charge on any atom is -0.466 e. The van der Waals surface area contributed by atoms with E-state index < -0.39 is 0 Å². The fraction of sp³-hybridized carbons (Fsp3) is 0.583. The summed E-state index contributed by atoms with van der Waals surface area (Å²) >= 11 is 0. The van der Waals surface area contributed by atoms with Crippen LogP contribution in [0.15, 0.2) is 23.8 Å². The van der Waals surface area contributed by atoms with E-state index in [0.29, 0.717) is 13.0 Å². The summed E-state index contributed by atoms with van der Waals surface area (Å²) in [6, 6.07) is 0. The Hall–Kier alpha value is -1.05. The number of hydrogen-bond donors (Lipinski definition) is 0. The molecule has 0 fully saturated rings. The van der Waals surface area contributed by atoms with Crippen molar-refractivity contribution >= 4 is 5.97 Å². The van der Waals surface area contributed by atoms with E-state index in [2.05, 4.69) is 18.2 Å². The van der Waals surface area contributed by atoms with Crippen molar-refractivity contribution in [1.29, 1.82) is 0 Å². The fourth-order valence-corrected chi connectivity index (χ4v) is 1.55. The molecule has 0 amide bonds. The molecule has 0 atom stereocenters. The fourth-order valence-electron chi connectivity index (χ4n) is 1.55. The molecule has 0 radical (unpaired) electrons. The summed E-state index contributed by atoms with van der Waals surface area (Å²) < 4.78 is 4.92. The van der Waals surface area contributed by atoms with Crippen LogP contribution in [-0.4, -0.2) is 12.6 Å². The molecule has 14 heavy (non-hydrogen) atoms. The van der Waals surface area contributed by atoms with Gasteiger partial charge in [-0.25, -0.2) is 0 Å². The molecular formula is C12H18O2. The van der Waals surface area contributed by atoms with Crippen molar-refractivity contribution in [2.24, 2.45) is 0 Å². The average molecular weight is 194 g/mol. The molecular weight excluding hydrogens is 176 g/mol. The van der Waals surface area contributed by atoms with Gasteiger partial charge in [-0.2, -0.15) is 0 Å². The number of esters is 1. The lowest BCUT2D eigenvalue weighted by Gasteiger charge is -2.07. The maximum Gasteiger partial charge on any atom is 0.309 e. The van der Waals surface area contributed by atoms with Crippen molar-refractivity contribution in [1.82, 2.24) is 0 Å². The molecule has 0 heterocycles. The number of carbonyl (C=O) groups excluding carboxylic acids is 1. The molecule has 0 aromatic carbocycles. The van der Waals surface area contributed by atoms with Crippen LogP contribution >= 0.6 is 0 Å². The lowest BCUT2D eigenvalue weighted by Crippen LogP contribution is -2.05. The van der Waals surface area contributed by atoms with Gasteiger partial charge >= 0.3 is 5.97 Å². The first-order valence-corrected chi connectivity index (χ1v) is 5.31.